The first-order valence-electron chi connectivity index (χ1n) is 6.24. The first kappa shape index (κ1) is 14.3. The molecule has 1 rings (SSSR count). The van der Waals surface area contributed by atoms with Gasteiger partial charge < -0.3 is 15.2 Å². The number of ether oxygens (including phenoxy) is 1. The number of carbonyl (C=O) groups excluding carboxylic acids is 1. The van der Waals surface area contributed by atoms with Crippen LogP contribution in [-0.2, 0) is 4.74 Å². The third-order valence-corrected chi connectivity index (χ3v) is 2.78. The molecule has 0 bridgehead atoms. The van der Waals surface area contributed by atoms with E-state index in [1.54, 1.807) is 0 Å². The summed E-state index contributed by atoms with van der Waals surface area (Å²) in [6, 6.07) is 0.260. The minimum atomic E-state index is -0.453. The van der Waals surface area contributed by atoms with Crippen LogP contribution < -0.4 is 5.32 Å². The van der Waals surface area contributed by atoms with E-state index in [0.717, 1.165) is 25.9 Å². The summed E-state index contributed by atoms with van der Waals surface area (Å²) in [7, 11) is 0. The Balaban J connectivity index is 2.17. The summed E-state index contributed by atoms with van der Waals surface area (Å²) >= 11 is 0. The van der Waals surface area contributed by atoms with Crippen LogP contribution >= 0.6 is 0 Å². The van der Waals surface area contributed by atoms with Gasteiger partial charge in [-0.15, -0.1) is 0 Å². The second-order valence-corrected chi connectivity index (χ2v) is 5.44. The number of hydrogen-bond donors (Lipinski definition) is 2. The van der Waals surface area contributed by atoms with Crippen molar-refractivity contribution in [3.05, 3.63) is 0 Å². The molecule has 1 saturated heterocycles. The van der Waals surface area contributed by atoms with Crippen LogP contribution in [0, 0.1) is 0 Å². The van der Waals surface area contributed by atoms with E-state index in [9.17, 15) is 4.79 Å². The van der Waals surface area contributed by atoms with Gasteiger partial charge in [-0.25, -0.2) is 4.79 Å². The number of aliphatic hydroxyl groups excluding tert-OH is 1. The fourth-order valence-electron chi connectivity index (χ4n) is 2.01. The quantitative estimate of drug-likeness (QED) is 0.773. The number of aliphatic hydroxyl groups is 1. The van der Waals surface area contributed by atoms with Crippen molar-refractivity contribution >= 4 is 6.09 Å². The van der Waals surface area contributed by atoms with Gasteiger partial charge in [-0.1, -0.05) is 0 Å². The Morgan fingerprint density at radius 3 is 2.82 bits per heavy atom. The van der Waals surface area contributed by atoms with Gasteiger partial charge in [0.25, 0.3) is 0 Å². The molecule has 100 valence electrons. The van der Waals surface area contributed by atoms with Crippen LogP contribution in [-0.4, -0.2) is 54.0 Å². The van der Waals surface area contributed by atoms with Crippen molar-refractivity contribution in [2.45, 2.75) is 45.3 Å². The zero-order valence-corrected chi connectivity index (χ0v) is 11.0. The molecule has 1 heterocycles. The Labute approximate surface area is 103 Å². The summed E-state index contributed by atoms with van der Waals surface area (Å²) in [5, 5.41) is 11.9. The summed E-state index contributed by atoms with van der Waals surface area (Å²) < 4.78 is 5.14. The molecule has 0 saturated carbocycles. The molecule has 1 atom stereocenters. The lowest BCUT2D eigenvalue weighted by Crippen LogP contribution is -2.40. The monoisotopic (exact) mass is 244 g/mol. The second-order valence-electron chi connectivity index (χ2n) is 5.44. The van der Waals surface area contributed by atoms with Crippen LogP contribution in [0.4, 0.5) is 4.79 Å². The highest BCUT2D eigenvalue weighted by molar-refractivity contribution is 5.67. The predicted octanol–water partition coefficient (Wildman–Crippen LogP) is 0.968. The molecule has 2 N–H and O–H groups in total. The Bertz CT molecular complexity index is 251. The molecule has 0 spiro atoms. The van der Waals surface area contributed by atoms with E-state index in [1.165, 1.54) is 0 Å². The number of rotatable bonds is 4. The lowest BCUT2D eigenvalue weighted by molar-refractivity contribution is 0.0519. The SMILES string of the molecule is CC(C)(C)OC(=O)NCCN1CCCC1CO. The summed E-state index contributed by atoms with van der Waals surface area (Å²) in [6.45, 7) is 8.06. The van der Waals surface area contributed by atoms with Crippen molar-refractivity contribution in [3.63, 3.8) is 0 Å². The molecule has 0 radical (unpaired) electrons. The molecule has 0 aromatic heterocycles. The maximum absolute atomic E-state index is 11.4. The van der Waals surface area contributed by atoms with Crippen molar-refractivity contribution < 1.29 is 14.6 Å². The molecule has 1 unspecified atom stereocenters. The van der Waals surface area contributed by atoms with Gasteiger partial charge in [-0.05, 0) is 40.2 Å². The molecule has 0 aliphatic carbocycles. The number of likely N-dealkylation sites (tertiary alicyclic amines) is 1. The summed E-state index contributed by atoms with van der Waals surface area (Å²) in [5.41, 5.74) is -0.453. The summed E-state index contributed by atoms with van der Waals surface area (Å²) in [6.07, 6.45) is 1.79. The fourth-order valence-corrected chi connectivity index (χ4v) is 2.01. The van der Waals surface area contributed by atoms with Crippen LogP contribution in [0.5, 0.6) is 0 Å². The maximum Gasteiger partial charge on any atom is 0.407 e. The largest absolute Gasteiger partial charge is 0.444 e. The van der Waals surface area contributed by atoms with E-state index >= 15 is 0 Å². The van der Waals surface area contributed by atoms with E-state index in [-0.39, 0.29) is 18.7 Å². The van der Waals surface area contributed by atoms with Crippen LogP contribution in [0.1, 0.15) is 33.6 Å². The molecular formula is C12H24N2O3. The number of nitrogens with one attached hydrogen (secondary N) is 1. The lowest BCUT2D eigenvalue weighted by Gasteiger charge is -2.23. The molecular weight excluding hydrogens is 220 g/mol. The van der Waals surface area contributed by atoms with Crippen molar-refractivity contribution in [3.8, 4) is 0 Å². The smallest absolute Gasteiger partial charge is 0.407 e. The third-order valence-electron chi connectivity index (χ3n) is 2.78. The highest BCUT2D eigenvalue weighted by Gasteiger charge is 2.23. The minimum absolute atomic E-state index is 0.201. The standard InChI is InChI=1S/C12H24N2O3/c1-12(2,3)17-11(16)13-6-8-14-7-4-5-10(14)9-15/h10,15H,4-9H2,1-3H3,(H,13,16). The molecule has 5 nitrogen and oxygen atoms in total. The summed E-state index contributed by atoms with van der Waals surface area (Å²) in [4.78, 5) is 13.6. The first-order valence-corrected chi connectivity index (χ1v) is 6.24. The van der Waals surface area contributed by atoms with Crippen molar-refractivity contribution in [2.75, 3.05) is 26.2 Å². The van der Waals surface area contributed by atoms with Crippen molar-refractivity contribution in [1.29, 1.82) is 0 Å². The van der Waals surface area contributed by atoms with Gasteiger partial charge in [0.05, 0.1) is 6.61 Å². The van der Waals surface area contributed by atoms with Gasteiger partial charge in [-0.3, -0.25) is 4.90 Å². The average Bonchev–Trinajstić information content (AvgIpc) is 2.62. The molecule has 0 aromatic carbocycles. The third kappa shape index (κ3) is 5.37. The molecule has 17 heavy (non-hydrogen) atoms. The Hall–Kier alpha value is -0.810. The van der Waals surface area contributed by atoms with Gasteiger partial charge in [0.1, 0.15) is 5.60 Å². The minimum Gasteiger partial charge on any atom is -0.444 e. The van der Waals surface area contributed by atoms with Crippen molar-refractivity contribution in [2.24, 2.45) is 0 Å². The normalized spacial score (nSPS) is 21.5. The first-order chi connectivity index (χ1) is 7.92. The van der Waals surface area contributed by atoms with Crippen LogP contribution in [0.3, 0.4) is 0 Å². The molecule has 1 amide bonds. The number of hydrogen-bond acceptors (Lipinski definition) is 4. The Morgan fingerprint density at radius 1 is 1.53 bits per heavy atom. The highest BCUT2D eigenvalue weighted by Crippen LogP contribution is 2.15. The van der Waals surface area contributed by atoms with Crippen LogP contribution in [0.25, 0.3) is 0 Å². The van der Waals surface area contributed by atoms with E-state index in [0.29, 0.717) is 6.54 Å². The van der Waals surface area contributed by atoms with Crippen LogP contribution in [0.2, 0.25) is 0 Å². The topological polar surface area (TPSA) is 61.8 Å². The second kappa shape index (κ2) is 6.21. The van der Waals surface area contributed by atoms with Gasteiger partial charge in [0, 0.05) is 19.1 Å². The zero-order chi connectivity index (χ0) is 12.9. The van der Waals surface area contributed by atoms with Crippen molar-refractivity contribution in [1.82, 2.24) is 10.2 Å². The van der Waals surface area contributed by atoms with Gasteiger partial charge in [-0.2, -0.15) is 0 Å². The Kier molecular flexibility index (Phi) is 5.21. The highest BCUT2D eigenvalue weighted by atomic mass is 16.6. The van der Waals surface area contributed by atoms with Gasteiger partial charge >= 0.3 is 6.09 Å². The van der Waals surface area contributed by atoms with Gasteiger partial charge in [0.15, 0.2) is 0 Å². The predicted molar refractivity (Wildman–Crippen MR) is 65.9 cm³/mol. The molecule has 1 fully saturated rings. The lowest BCUT2D eigenvalue weighted by atomic mass is 10.2. The van der Waals surface area contributed by atoms with Crippen LogP contribution in [0.15, 0.2) is 0 Å². The molecule has 1 aliphatic heterocycles. The van der Waals surface area contributed by atoms with E-state index < -0.39 is 5.60 Å². The Morgan fingerprint density at radius 2 is 2.24 bits per heavy atom. The number of amides is 1. The number of carbonyl (C=O) groups is 1. The van der Waals surface area contributed by atoms with E-state index in [2.05, 4.69) is 10.2 Å². The fraction of sp³-hybridized carbons (Fsp3) is 0.917. The molecule has 1 aliphatic rings. The number of nitrogens with zero attached hydrogens (tertiary/aromatic N) is 1. The molecule has 0 aromatic rings. The number of alkyl carbamates (subject to hydrolysis) is 1. The van der Waals surface area contributed by atoms with E-state index in [1.807, 2.05) is 20.8 Å². The van der Waals surface area contributed by atoms with E-state index in [4.69, 9.17) is 9.84 Å². The summed E-state index contributed by atoms with van der Waals surface area (Å²) in [5.74, 6) is 0. The molecule has 5 heteroatoms. The average molecular weight is 244 g/mol. The zero-order valence-electron chi connectivity index (χ0n) is 11.0. The van der Waals surface area contributed by atoms with Gasteiger partial charge in [0.2, 0.25) is 0 Å². The maximum atomic E-state index is 11.4.